The van der Waals surface area contributed by atoms with E-state index in [9.17, 15) is 9.00 Å². The van der Waals surface area contributed by atoms with Crippen LogP contribution in [0, 0.1) is 0 Å². The van der Waals surface area contributed by atoms with Gasteiger partial charge in [0, 0.05) is 34.3 Å². The third-order valence-corrected chi connectivity index (χ3v) is 2.81. The summed E-state index contributed by atoms with van der Waals surface area (Å²) in [4.78, 5) is 11.2. The van der Waals surface area contributed by atoms with Gasteiger partial charge in [0.2, 0.25) is 0 Å². The molecule has 2 aromatic rings. The highest BCUT2D eigenvalue weighted by Crippen LogP contribution is 2.17. The number of benzene rings is 1. The molecule has 3 nitrogen and oxygen atoms in total. The van der Waals surface area contributed by atoms with E-state index < -0.39 is 16.4 Å². The van der Waals surface area contributed by atoms with Crippen LogP contribution in [0.15, 0.2) is 39.5 Å². The molecule has 0 spiro atoms. The van der Waals surface area contributed by atoms with Gasteiger partial charge >= 0.3 is 5.63 Å². The summed E-state index contributed by atoms with van der Waals surface area (Å²) in [7, 11) is -0.961. The van der Waals surface area contributed by atoms with Crippen LogP contribution in [0.4, 0.5) is 0 Å². The highest BCUT2D eigenvalue weighted by molar-refractivity contribution is 7.83. The summed E-state index contributed by atoms with van der Waals surface area (Å²) in [6.45, 7) is 0. The van der Waals surface area contributed by atoms with E-state index in [0.717, 1.165) is 10.9 Å². The highest BCUT2D eigenvalue weighted by Gasteiger charge is 2.05. The fraction of sp³-hybridized carbons (Fsp3) is 0.182. The third kappa shape index (κ3) is 2.15. The van der Waals surface area contributed by atoms with Gasteiger partial charge in [0.15, 0.2) is 0 Å². The highest BCUT2D eigenvalue weighted by atomic mass is 32.2. The first kappa shape index (κ1) is 10.1. The molecular formula is C11H10O3S. The Morgan fingerprint density at radius 3 is 2.80 bits per heavy atom. The molecule has 1 atom stereocenters. The number of hydrogen-bond acceptors (Lipinski definition) is 3. The van der Waals surface area contributed by atoms with Gasteiger partial charge in [-0.05, 0) is 11.6 Å². The smallest absolute Gasteiger partial charge is 0.336 e. The molecule has 0 bridgehead atoms. The fourth-order valence-electron chi connectivity index (χ4n) is 1.52. The van der Waals surface area contributed by atoms with Gasteiger partial charge in [0.25, 0.3) is 0 Å². The molecule has 0 aliphatic heterocycles. The summed E-state index contributed by atoms with van der Waals surface area (Å²) in [5, 5.41) is 0.854. The van der Waals surface area contributed by atoms with Crippen molar-refractivity contribution in [2.24, 2.45) is 0 Å². The predicted molar refractivity (Wildman–Crippen MR) is 60.3 cm³/mol. The zero-order chi connectivity index (χ0) is 10.8. The molecule has 15 heavy (non-hydrogen) atoms. The SMILES string of the molecule is CS(=O)Cc1cc(=O)oc2ccccc12. The fourth-order valence-corrected chi connectivity index (χ4v) is 2.19. The number of fused-ring (bicyclic) bond motifs is 1. The van der Waals surface area contributed by atoms with E-state index in [1.54, 1.807) is 18.4 Å². The van der Waals surface area contributed by atoms with Crippen LogP contribution in [-0.4, -0.2) is 10.5 Å². The van der Waals surface area contributed by atoms with Gasteiger partial charge in [-0.25, -0.2) is 4.79 Å². The third-order valence-electron chi connectivity index (χ3n) is 2.09. The van der Waals surface area contributed by atoms with Crippen molar-refractivity contribution >= 4 is 21.8 Å². The first-order chi connectivity index (χ1) is 7.16. The Hall–Kier alpha value is -1.42. The Morgan fingerprint density at radius 1 is 1.33 bits per heavy atom. The zero-order valence-electron chi connectivity index (χ0n) is 8.23. The van der Waals surface area contributed by atoms with Crippen LogP contribution in [0.1, 0.15) is 5.56 Å². The number of hydrogen-bond donors (Lipinski definition) is 0. The molecule has 0 saturated carbocycles. The molecule has 0 N–H and O–H groups in total. The minimum absolute atomic E-state index is 0.381. The molecule has 4 heteroatoms. The maximum absolute atomic E-state index is 11.2. The van der Waals surface area contributed by atoms with Gasteiger partial charge in [-0.3, -0.25) is 4.21 Å². The van der Waals surface area contributed by atoms with Crippen LogP contribution in [0.3, 0.4) is 0 Å². The van der Waals surface area contributed by atoms with Gasteiger partial charge in [0.05, 0.1) is 0 Å². The first-order valence-electron chi connectivity index (χ1n) is 4.48. The zero-order valence-corrected chi connectivity index (χ0v) is 9.04. The second-order valence-corrected chi connectivity index (χ2v) is 4.74. The van der Waals surface area contributed by atoms with Crippen LogP contribution in [0.25, 0.3) is 11.0 Å². The standard InChI is InChI=1S/C11H10O3S/c1-15(13)7-8-6-11(12)14-10-5-3-2-4-9(8)10/h2-6H,7H2,1H3. The molecule has 1 unspecified atom stereocenters. The lowest BCUT2D eigenvalue weighted by Gasteiger charge is -2.02. The Balaban J connectivity index is 2.71. The quantitative estimate of drug-likeness (QED) is 0.726. The number of rotatable bonds is 2. The van der Waals surface area contributed by atoms with E-state index in [1.807, 2.05) is 12.1 Å². The second kappa shape index (κ2) is 3.98. The van der Waals surface area contributed by atoms with Crippen molar-refractivity contribution in [3.63, 3.8) is 0 Å². The Labute approximate surface area is 89.2 Å². The first-order valence-corrected chi connectivity index (χ1v) is 6.21. The summed E-state index contributed by atoms with van der Waals surface area (Å²) in [6.07, 6.45) is 1.61. The predicted octanol–water partition coefficient (Wildman–Crippen LogP) is 1.67. The lowest BCUT2D eigenvalue weighted by atomic mass is 10.1. The van der Waals surface area contributed by atoms with E-state index in [4.69, 9.17) is 4.42 Å². The van der Waals surface area contributed by atoms with Crippen molar-refractivity contribution in [2.75, 3.05) is 6.26 Å². The molecule has 0 amide bonds. The maximum atomic E-state index is 11.2. The van der Waals surface area contributed by atoms with Gasteiger partial charge in [0.1, 0.15) is 5.58 Å². The Morgan fingerprint density at radius 2 is 2.07 bits per heavy atom. The minimum atomic E-state index is -0.961. The van der Waals surface area contributed by atoms with Crippen molar-refractivity contribution in [1.29, 1.82) is 0 Å². The van der Waals surface area contributed by atoms with Crippen molar-refractivity contribution in [1.82, 2.24) is 0 Å². The molecule has 0 radical (unpaired) electrons. The van der Waals surface area contributed by atoms with Crippen molar-refractivity contribution in [3.05, 3.63) is 46.3 Å². The summed E-state index contributed by atoms with van der Waals surface area (Å²) in [6, 6.07) is 8.67. The van der Waals surface area contributed by atoms with Crippen LogP contribution in [-0.2, 0) is 16.6 Å². The summed E-state index contributed by atoms with van der Waals surface area (Å²) in [5.74, 6) is 0.381. The minimum Gasteiger partial charge on any atom is -0.423 e. The van der Waals surface area contributed by atoms with Crippen molar-refractivity contribution in [2.45, 2.75) is 5.75 Å². The lowest BCUT2D eigenvalue weighted by molar-refractivity contribution is 0.559. The molecule has 0 fully saturated rings. The maximum Gasteiger partial charge on any atom is 0.336 e. The molecule has 1 heterocycles. The van der Waals surface area contributed by atoms with E-state index >= 15 is 0 Å². The lowest BCUT2D eigenvalue weighted by Crippen LogP contribution is -2.02. The van der Waals surface area contributed by atoms with Gasteiger partial charge in [-0.15, -0.1) is 0 Å². The van der Waals surface area contributed by atoms with Crippen LogP contribution in [0.2, 0.25) is 0 Å². The average Bonchev–Trinajstić information content (AvgIpc) is 2.16. The number of para-hydroxylation sites is 1. The molecule has 2 rings (SSSR count). The largest absolute Gasteiger partial charge is 0.423 e. The summed E-state index contributed by atoms with van der Waals surface area (Å²) >= 11 is 0. The van der Waals surface area contributed by atoms with Crippen LogP contribution >= 0.6 is 0 Å². The van der Waals surface area contributed by atoms with Crippen molar-refractivity contribution < 1.29 is 8.63 Å². The van der Waals surface area contributed by atoms with Gasteiger partial charge in [-0.1, -0.05) is 18.2 Å². The Kier molecular flexibility index (Phi) is 2.68. The summed E-state index contributed by atoms with van der Waals surface area (Å²) in [5.41, 5.74) is 0.933. The Bertz CT molecular complexity index is 571. The summed E-state index contributed by atoms with van der Waals surface area (Å²) < 4.78 is 16.2. The van der Waals surface area contributed by atoms with E-state index in [0.29, 0.717) is 11.3 Å². The molecule has 78 valence electrons. The average molecular weight is 222 g/mol. The topological polar surface area (TPSA) is 47.3 Å². The van der Waals surface area contributed by atoms with E-state index in [1.165, 1.54) is 6.07 Å². The van der Waals surface area contributed by atoms with Crippen LogP contribution < -0.4 is 5.63 Å². The monoisotopic (exact) mass is 222 g/mol. The van der Waals surface area contributed by atoms with Crippen molar-refractivity contribution in [3.8, 4) is 0 Å². The normalized spacial score (nSPS) is 12.9. The van der Waals surface area contributed by atoms with E-state index in [2.05, 4.69) is 0 Å². The molecule has 0 aliphatic carbocycles. The van der Waals surface area contributed by atoms with Gasteiger partial charge < -0.3 is 4.42 Å². The second-order valence-electron chi connectivity index (χ2n) is 3.30. The molecular weight excluding hydrogens is 212 g/mol. The van der Waals surface area contributed by atoms with Crippen LogP contribution in [0.5, 0.6) is 0 Å². The molecule has 1 aromatic carbocycles. The van der Waals surface area contributed by atoms with Gasteiger partial charge in [-0.2, -0.15) is 0 Å². The molecule has 0 saturated heterocycles. The van der Waals surface area contributed by atoms with E-state index in [-0.39, 0.29) is 0 Å². The molecule has 1 aromatic heterocycles. The molecule has 0 aliphatic rings.